The molecule has 1 rings (SSSR count). The van der Waals surface area contributed by atoms with Gasteiger partial charge in [0.25, 0.3) is 0 Å². The molecular weight excluding hydrogens is 318 g/mol. The quantitative estimate of drug-likeness (QED) is 0.499. The minimum Gasteiger partial charge on any atom is -0.497 e. The van der Waals surface area contributed by atoms with E-state index in [2.05, 4.69) is 5.32 Å². The van der Waals surface area contributed by atoms with Gasteiger partial charge in [0.15, 0.2) is 0 Å². The number of benzene rings is 1. The van der Waals surface area contributed by atoms with E-state index < -0.39 is 5.97 Å². The van der Waals surface area contributed by atoms with Crippen LogP contribution in [-0.2, 0) is 16.0 Å². The predicted molar refractivity (Wildman–Crippen MR) is 98.9 cm³/mol. The molecule has 2 N–H and O–H groups in total. The van der Waals surface area contributed by atoms with Gasteiger partial charge in [-0.15, -0.1) is 0 Å². The molecule has 0 unspecified atom stereocenters. The van der Waals surface area contributed by atoms with Gasteiger partial charge in [0.2, 0.25) is 5.91 Å². The zero-order chi connectivity index (χ0) is 18.3. The van der Waals surface area contributed by atoms with Gasteiger partial charge in [0.05, 0.1) is 13.5 Å². The second-order valence-electron chi connectivity index (χ2n) is 6.35. The Kier molecular flexibility index (Phi) is 11.2. The molecule has 0 aliphatic heterocycles. The van der Waals surface area contributed by atoms with E-state index in [1.807, 2.05) is 24.3 Å². The van der Waals surface area contributed by atoms with Gasteiger partial charge in [-0.3, -0.25) is 9.59 Å². The van der Waals surface area contributed by atoms with Crippen molar-refractivity contribution in [3.05, 3.63) is 29.8 Å². The third kappa shape index (κ3) is 11.2. The van der Waals surface area contributed by atoms with Crippen molar-refractivity contribution in [1.82, 2.24) is 5.32 Å². The Hall–Kier alpha value is -2.04. The highest BCUT2D eigenvalue weighted by Gasteiger charge is 2.03. The van der Waals surface area contributed by atoms with E-state index in [0.29, 0.717) is 6.42 Å². The number of hydrogen-bond donors (Lipinski definition) is 2. The van der Waals surface area contributed by atoms with Crippen LogP contribution in [0.3, 0.4) is 0 Å². The number of carbonyl (C=O) groups is 2. The van der Waals surface area contributed by atoms with Crippen molar-refractivity contribution in [2.75, 3.05) is 13.7 Å². The Morgan fingerprint density at radius 2 is 1.48 bits per heavy atom. The van der Waals surface area contributed by atoms with Crippen LogP contribution in [-0.4, -0.2) is 30.6 Å². The van der Waals surface area contributed by atoms with Gasteiger partial charge < -0.3 is 15.2 Å². The first-order valence-corrected chi connectivity index (χ1v) is 9.23. The van der Waals surface area contributed by atoms with Gasteiger partial charge in [-0.1, -0.05) is 50.7 Å². The normalized spacial score (nSPS) is 10.4. The molecule has 25 heavy (non-hydrogen) atoms. The average Bonchev–Trinajstić information content (AvgIpc) is 2.60. The van der Waals surface area contributed by atoms with E-state index >= 15 is 0 Å². The summed E-state index contributed by atoms with van der Waals surface area (Å²) in [4.78, 5) is 22.2. The molecular formula is C20H31NO4. The summed E-state index contributed by atoms with van der Waals surface area (Å²) in [6.45, 7) is 0.730. The molecule has 0 saturated heterocycles. The standard InChI is InChI=1S/C20H31NO4/c1-25-18-13-11-17(12-14-18)16-19(22)21-15-9-7-5-3-2-4-6-8-10-20(23)24/h11-14H,2-10,15-16H2,1H3,(H,21,22)(H,23,24). The molecule has 140 valence electrons. The number of rotatable bonds is 14. The molecule has 0 aliphatic rings. The van der Waals surface area contributed by atoms with Gasteiger partial charge in [0, 0.05) is 13.0 Å². The predicted octanol–water partition coefficient (Wildman–Crippen LogP) is 3.95. The molecule has 0 spiro atoms. The summed E-state index contributed by atoms with van der Waals surface area (Å²) in [5.41, 5.74) is 0.987. The third-order valence-electron chi connectivity index (χ3n) is 4.16. The smallest absolute Gasteiger partial charge is 0.303 e. The highest BCUT2D eigenvalue weighted by Crippen LogP contribution is 2.12. The fourth-order valence-electron chi connectivity index (χ4n) is 2.68. The second-order valence-corrected chi connectivity index (χ2v) is 6.35. The van der Waals surface area contributed by atoms with Crippen LogP contribution < -0.4 is 10.1 Å². The molecule has 0 aromatic heterocycles. The van der Waals surface area contributed by atoms with Crippen LogP contribution in [0.4, 0.5) is 0 Å². The number of aliphatic carboxylic acids is 1. The molecule has 1 amide bonds. The monoisotopic (exact) mass is 349 g/mol. The van der Waals surface area contributed by atoms with Gasteiger partial charge in [-0.05, 0) is 30.5 Å². The zero-order valence-electron chi connectivity index (χ0n) is 15.3. The molecule has 5 nitrogen and oxygen atoms in total. The number of hydrogen-bond acceptors (Lipinski definition) is 3. The van der Waals surface area contributed by atoms with Crippen LogP contribution >= 0.6 is 0 Å². The van der Waals surface area contributed by atoms with E-state index in [1.165, 1.54) is 19.3 Å². The summed E-state index contributed by atoms with van der Waals surface area (Å²) in [6.07, 6.45) is 9.26. The van der Waals surface area contributed by atoms with Crippen molar-refractivity contribution < 1.29 is 19.4 Å². The number of methoxy groups -OCH3 is 1. The fourth-order valence-corrected chi connectivity index (χ4v) is 2.68. The highest BCUT2D eigenvalue weighted by molar-refractivity contribution is 5.78. The lowest BCUT2D eigenvalue weighted by atomic mass is 10.1. The first kappa shape index (κ1) is 21.0. The fraction of sp³-hybridized carbons (Fsp3) is 0.600. The van der Waals surface area contributed by atoms with Crippen LogP contribution in [0.2, 0.25) is 0 Å². The van der Waals surface area contributed by atoms with Crippen LogP contribution in [0.5, 0.6) is 5.75 Å². The summed E-state index contributed by atoms with van der Waals surface area (Å²) < 4.78 is 5.10. The van der Waals surface area contributed by atoms with Crippen molar-refractivity contribution in [3.63, 3.8) is 0 Å². The van der Waals surface area contributed by atoms with Gasteiger partial charge in [0.1, 0.15) is 5.75 Å². The summed E-state index contributed by atoms with van der Waals surface area (Å²) >= 11 is 0. The Balaban J connectivity index is 1.93. The highest BCUT2D eigenvalue weighted by atomic mass is 16.5. The van der Waals surface area contributed by atoms with E-state index in [4.69, 9.17) is 9.84 Å². The summed E-state index contributed by atoms with van der Waals surface area (Å²) in [5, 5.41) is 11.5. The summed E-state index contributed by atoms with van der Waals surface area (Å²) in [6, 6.07) is 7.55. The topological polar surface area (TPSA) is 75.6 Å². The molecule has 0 heterocycles. The number of ether oxygens (including phenoxy) is 1. The molecule has 0 radical (unpaired) electrons. The van der Waals surface area contributed by atoms with Crippen LogP contribution in [0, 0.1) is 0 Å². The maximum Gasteiger partial charge on any atom is 0.303 e. The number of carbonyl (C=O) groups excluding carboxylic acids is 1. The van der Waals surface area contributed by atoms with Crippen molar-refractivity contribution >= 4 is 11.9 Å². The second kappa shape index (κ2) is 13.3. The van der Waals surface area contributed by atoms with Gasteiger partial charge in [-0.25, -0.2) is 0 Å². The number of amides is 1. The molecule has 0 atom stereocenters. The maximum absolute atomic E-state index is 11.9. The first-order valence-electron chi connectivity index (χ1n) is 9.23. The Labute approximate surface area is 150 Å². The lowest BCUT2D eigenvalue weighted by molar-refractivity contribution is -0.137. The van der Waals surface area contributed by atoms with E-state index in [9.17, 15) is 9.59 Å². The Bertz CT molecular complexity index is 499. The number of carboxylic acid groups (broad SMARTS) is 1. The summed E-state index contributed by atoms with van der Waals surface area (Å²) in [7, 11) is 1.63. The van der Waals surface area contributed by atoms with Crippen LogP contribution in [0.15, 0.2) is 24.3 Å². The molecule has 5 heteroatoms. The maximum atomic E-state index is 11.9. The average molecular weight is 349 g/mol. The Morgan fingerprint density at radius 1 is 0.920 bits per heavy atom. The van der Waals surface area contributed by atoms with Crippen molar-refractivity contribution in [3.8, 4) is 5.75 Å². The molecule has 0 fully saturated rings. The molecule has 1 aromatic carbocycles. The SMILES string of the molecule is COc1ccc(CC(=O)NCCCCCCCCCCC(=O)O)cc1. The summed E-state index contributed by atoms with van der Waals surface area (Å²) in [5.74, 6) is 0.156. The largest absolute Gasteiger partial charge is 0.497 e. The zero-order valence-corrected chi connectivity index (χ0v) is 15.3. The molecule has 1 aromatic rings. The van der Waals surface area contributed by atoms with E-state index in [-0.39, 0.29) is 12.3 Å². The van der Waals surface area contributed by atoms with Gasteiger partial charge in [-0.2, -0.15) is 0 Å². The van der Waals surface area contributed by atoms with Crippen molar-refractivity contribution in [1.29, 1.82) is 0 Å². The minimum absolute atomic E-state index is 0.0589. The molecule has 0 bridgehead atoms. The van der Waals surface area contributed by atoms with Crippen LogP contribution in [0.25, 0.3) is 0 Å². The third-order valence-corrected chi connectivity index (χ3v) is 4.16. The van der Waals surface area contributed by atoms with E-state index in [0.717, 1.165) is 50.0 Å². The minimum atomic E-state index is -0.700. The lowest BCUT2D eigenvalue weighted by Gasteiger charge is -2.06. The van der Waals surface area contributed by atoms with Gasteiger partial charge >= 0.3 is 5.97 Å². The number of unbranched alkanes of at least 4 members (excludes halogenated alkanes) is 7. The lowest BCUT2D eigenvalue weighted by Crippen LogP contribution is -2.26. The number of nitrogens with one attached hydrogen (secondary N) is 1. The Morgan fingerprint density at radius 3 is 2.04 bits per heavy atom. The van der Waals surface area contributed by atoms with Crippen molar-refractivity contribution in [2.45, 2.75) is 64.2 Å². The molecule has 0 aliphatic carbocycles. The van der Waals surface area contributed by atoms with Crippen molar-refractivity contribution in [2.24, 2.45) is 0 Å². The first-order chi connectivity index (χ1) is 12.1. The molecule has 0 saturated carbocycles. The van der Waals surface area contributed by atoms with E-state index in [1.54, 1.807) is 7.11 Å². The number of carboxylic acids is 1. The van der Waals surface area contributed by atoms with Crippen LogP contribution in [0.1, 0.15) is 63.4 Å².